The van der Waals surface area contributed by atoms with Crippen LogP contribution in [0.15, 0.2) is 47.1 Å². The summed E-state index contributed by atoms with van der Waals surface area (Å²) >= 11 is 0. The molecule has 5 rings (SSSR count). The van der Waals surface area contributed by atoms with Crippen LogP contribution in [0.2, 0.25) is 0 Å². The van der Waals surface area contributed by atoms with Crippen LogP contribution in [-0.2, 0) is 6.42 Å². The average molecular weight is 433 g/mol. The van der Waals surface area contributed by atoms with E-state index in [1.165, 1.54) is 11.6 Å². The Hall–Kier alpha value is -3.88. The summed E-state index contributed by atoms with van der Waals surface area (Å²) in [5.41, 5.74) is 4.21. The van der Waals surface area contributed by atoms with E-state index >= 15 is 0 Å². The van der Waals surface area contributed by atoms with Crippen LogP contribution in [0, 0.1) is 0 Å². The number of pyridine rings is 1. The first-order valence-electron chi connectivity index (χ1n) is 10.7. The van der Waals surface area contributed by atoms with Crippen LogP contribution in [0.4, 0.5) is 5.82 Å². The number of fused-ring (bicyclic) bond motifs is 1. The van der Waals surface area contributed by atoms with E-state index in [1.807, 2.05) is 24.4 Å². The standard InChI is InChI=1S/C23H23N5O4/c1-2-14-3-5-17-18(11-14)26-22(25-17)15-4-6-20(24-13-15)28-9-7-16(8-10-28)31-21-12-19(23(29)30)32-27-21/h3-6,11-13,16H,2,7-10H2,1H3,(H,25,26)(H,29,30). The fourth-order valence-electron chi connectivity index (χ4n) is 3.92. The highest BCUT2D eigenvalue weighted by Gasteiger charge is 2.23. The van der Waals surface area contributed by atoms with Crippen molar-refractivity contribution in [2.24, 2.45) is 0 Å². The SMILES string of the molecule is CCc1ccc2nc(-c3ccc(N4CCC(Oc5cc(C(=O)O)on5)CC4)nc3)[nH]c2c1. The van der Waals surface area contributed by atoms with E-state index in [1.54, 1.807) is 0 Å². The molecule has 1 saturated heterocycles. The van der Waals surface area contributed by atoms with Crippen LogP contribution in [0.3, 0.4) is 0 Å². The molecule has 4 heterocycles. The van der Waals surface area contributed by atoms with Crippen LogP contribution >= 0.6 is 0 Å². The van der Waals surface area contributed by atoms with Gasteiger partial charge in [0.2, 0.25) is 5.76 Å². The van der Waals surface area contributed by atoms with Crippen LogP contribution in [0.25, 0.3) is 22.4 Å². The Bertz CT molecular complexity index is 1240. The lowest BCUT2D eigenvalue weighted by Gasteiger charge is -2.32. The molecule has 0 amide bonds. The third-order valence-electron chi connectivity index (χ3n) is 5.73. The molecule has 0 atom stereocenters. The monoisotopic (exact) mass is 433 g/mol. The molecule has 3 aromatic heterocycles. The third-order valence-corrected chi connectivity index (χ3v) is 5.73. The zero-order chi connectivity index (χ0) is 22.1. The molecule has 32 heavy (non-hydrogen) atoms. The van der Waals surface area contributed by atoms with Gasteiger partial charge in [0.1, 0.15) is 17.7 Å². The molecule has 1 aromatic carbocycles. The van der Waals surface area contributed by atoms with Gasteiger partial charge >= 0.3 is 5.97 Å². The number of benzene rings is 1. The van der Waals surface area contributed by atoms with Gasteiger partial charge in [-0.25, -0.2) is 14.8 Å². The molecule has 9 heteroatoms. The minimum absolute atomic E-state index is 0.0409. The highest BCUT2D eigenvalue weighted by molar-refractivity contribution is 5.84. The molecule has 1 fully saturated rings. The van der Waals surface area contributed by atoms with Crippen molar-refractivity contribution >= 4 is 22.8 Å². The van der Waals surface area contributed by atoms with Gasteiger partial charge in [-0.3, -0.25) is 0 Å². The summed E-state index contributed by atoms with van der Waals surface area (Å²) in [5, 5.41) is 12.6. The molecule has 0 unspecified atom stereocenters. The number of hydrogen-bond donors (Lipinski definition) is 2. The van der Waals surface area contributed by atoms with Gasteiger partial charge in [-0.2, -0.15) is 0 Å². The third kappa shape index (κ3) is 4.01. The quantitative estimate of drug-likeness (QED) is 0.470. The summed E-state index contributed by atoms with van der Waals surface area (Å²) in [6, 6.07) is 11.6. The molecule has 4 aromatic rings. The maximum atomic E-state index is 10.9. The van der Waals surface area contributed by atoms with Gasteiger partial charge in [-0.15, -0.1) is 0 Å². The Balaban J connectivity index is 1.21. The number of aromatic amines is 1. The number of H-pyrrole nitrogens is 1. The fraction of sp³-hybridized carbons (Fsp3) is 0.304. The first-order chi connectivity index (χ1) is 15.6. The number of carboxylic acid groups (broad SMARTS) is 1. The normalized spacial score (nSPS) is 14.7. The molecule has 2 N–H and O–H groups in total. The first-order valence-corrected chi connectivity index (χ1v) is 10.7. The Morgan fingerprint density at radius 3 is 2.78 bits per heavy atom. The highest BCUT2D eigenvalue weighted by Crippen LogP contribution is 2.25. The van der Waals surface area contributed by atoms with Crippen LogP contribution < -0.4 is 9.64 Å². The molecule has 0 saturated carbocycles. The Labute approximate surface area is 184 Å². The summed E-state index contributed by atoms with van der Waals surface area (Å²) in [6.07, 6.45) is 4.36. The maximum Gasteiger partial charge on any atom is 0.374 e. The summed E-state index contributed by atoms with van der Waals surface area (Å²) < 4.78 is 10.5. The van der Waals surface area contributed by atoms with Gasteiger partial charge in [0, 0.05) is 37.7 Å². The van der Waals surface area contributed by atoms with Crippen LogP contribution in [-0.4, -0.2) is 50.4 Å². The predicted molar refractivity (Wildman–Crippen MR) is 118 cm³/mol. The number of carbonyl (C=O) groups is 1. The van der Waals surface area contributed by atoms with E-state index in [0.717, 1.165) is 60.6 Å². The Kier molecular flexibility index (Phi) is 5.22. The number of imidazole rings is 1. The molecular formula is C23H23N5O4. The number of rotatable bonds is 6. The molecule has 0 bridgehead atoms. The number of aryl methyl sites for hydroxylation is 1. The number of piperidine rings is 1. The van der Waals surface area contributed by atoms with Gasteiger partial charge in [0.15, 0.2) is 0 Å². The molecule has 9 nitrogen and oxygen atoms in total. The molecule has 0 spiro atoms. The van der Waals surface area contributed by atoms with E-state index in [-0.39, 0.29) is 17.7 Å². The Morgan fingerprint density at radius 2 is 2.09 bits per heavy atom. The van der Waals surface area contributed by atoms with Crippen molar-refractivity contribution in [1.82, 2.24) is 20.1 Å². The van der Waals surface area contributed by atoms with Crippen LogP contribution in [0.5, 0.6) is 5.88 Å². The smallest absolute Gasteiger partial charge is 0.374 e. The van der Waals surface area contributed by atoms with Crippen molar-refractivity contribution in [3.05, 3.63) is 53.9 Å². The number of ether oxygens (including phenoxy) is 1. The lowest BCUT2D eigenvalue weighted by molar-refractivity contribution is 0.0651. The highest BCUT2D eigenvalue weighted by atomic mass is 16.5. The lowest BCUT2D eigenvalue weighted by atomic mass is 10.1. The van der Waals surface area contributed by atoms with Crippen molar-refractivity contribution in [3.8, 4) is 17.3 Å². The topological polar surface area (TPSA) is 117 Å². The zero-order valence-electron chi connectivity index (χ0n) is 17.6. The van der Waals surface area contributed by atoms with Crippen LogP contribution in [0.1, 0.15) is 35.9 Å². The molecule has 0 aliphatic carbocycles. The van der Waals surface area contributed by atoms with E-state index in [4.69, 9.17) is 14.4 Å². The summed E-state index contributed by atoms with van der Waals surface area (Å²) in [5.74, 6) is 0.543. The van der Waals surface area contributed by atoms with E-state index in [2.05, 4.69) is 44.1 Å². The minimum atomic E-state index is -1.16. The second-order valence-corrected chi connectivity index (χ2v) is 7.83. The van der Waals surface area contributed by atoms with E-state index < -0.39 is 5.97 Å². The number of anilines is 1. The van der Waals surface area contributed by atoms with Gasteiger partial charge < -0.3 is 24.3 Å². The average Bonchev–Trinajstić information content (AvgIpc) is 3.46. The molecule has 164 valence electrons. The predicted octanol–water partition coefficient (Wildman–Crippen LogP) is 3.92. The largest absolute Gasteiger partial charge is 0.475 e. The van der Waals surface area contributed by atoms with Crippen molar-refractivity contribution in [2.75, 3.05) is 18.0 Å². The number of aromatic carboxylic acids is 1. The fourth-order valence-corrected chi connectivity index (χ4v) is 3.92. The van der Waals surface area contributed by atoms with E-state index in [0.29, 0.717) is 0 Å². The second kappa shape index (κ2) is 8.33. The molecule has 1 aliphatic rings. The number of aromatic nitrogens is 4. The number of nitrogens with zero attached hydrogens (tertiary/aromatic N) is 4. The van der Waals surface area contributed by atoms with Crippen molar-refractivity contribution in [1.29, 1.82) is 0 Å². The van der Waals surface area contributed by atoms with Crippen molar-refractivity contribution in [3.63, 3.8) is 0 Å². The summed E-state index contributed by atoms with van der Waals surface area (Å²) in [6.45, 7) is 3.70. The maximum absolute atomic E-state index is 10.9. The van der Waals surface area contributed by atoms with Crippen molar-refractivity contribution in [2.45, 2.75) is 32.3 Å². The summed E-state index contributed by atoms with van der Waals surface area (Å²) in [7, 11) is 0. The van der Waals surface area contributed by atoms with E-state index in [9.17, 15) is 4.79 Å². The molecule has 1 aliphatic heterocycles. The molecule has 0 radical (unpaired) electrons. The number of hydrogen-bond acceptors (Lipinski definition) is 7. The minimum Gasteiger partial charge on any atom is -0.475 e. The lowest BCUT2D eigenvalue weighted by Crippen LogP contribution is -2.38. The number of nitrogens with one attached hydrogen (secondary N) is 1. The Morgan fingerprint density at radius 1 is 1.25 bits per heavy atom. The molecular weight excluding hydrogens is 410 g/mol. The summed E-state index contributed by atoms with van der Waals surface area (Å²) in [4.78, 5) is 25.8. The van der Waals surface area contributed by atoms with Gasteiger partial charge in [0.25, 0.3) is 5.88 Å². The second-order valence-electron chi connectivity index (χ2n) is 7.83. The number of carboxylic acids is 1. The van der Waals surface area contributed by atoms with Gasteiger partial charge in [0.05, 0.1) is 17.1 Å². The van der Waals surface area contributed by atoms with Gasteiger partial charge in [-0.1, -0.05) is 13.0 Å². The first kappa shape index (κ1) is 20.0. The van der Waals surface area contributed by atoms with Crippen molar-refractivity contribution < 1.29 is 19.2 Å². The van der Waals surface area contributed by atoms with Gasteiger partial charge in [-0.05, 0) is 41.4 Å². The zero-order valence-corrected chi connectivity index (χ0v) is 17.6.